The maximum Gasteiger partial charge on any atom is 0.341 e. The van der Waals surface area contributed by atoms with E-state index < -0.39 is 0 Å². The van der Waals surface area contributed by atoms with Crippen molar-refractivity contribution >= 4 is 28.3 Å². The highest BCUT2D eigenvalue weighted by Crippen LogP contribution is 2.39. The predicted octanol–water partition coefficient (Wildman–Crippen LogP) is 4.33. The molecule has 150 valence electrons. The molecule has 28 heavy (non-hydrogen) atoms. The zero-order valence-electron chi connectivity index (χ0n) is 16.2. The van der Waals surface area contributed by atoms with Gasteiger partial charge in [-0.15, -0.1) is 11.3 Å². The van der Waals surface area contributed by atoms with Crippen molar-refractivity contribution in [1.82, 2.24) is 10.1 Å². The fourth-order valence-corrected chi connectivity index (χ4v) is 5.37. The van der Waals surface area contributed by atoms with Crippen molar-refractivity contribution in [3.05, 3.63) is 33.5 Å². The van der Waals surface area contributed by atoms with Crippen LogP contribution in [0.4, 0.5) is 9.80 Å². The van der Waals surface area contributed by atoms with E-state index in [9.17, 15) is 9.59 Å². The van der Waals surface area contributed by atoms with Crippen LogP contribution in [0.3, 0.4) is 0 Å². The molecule has 0 saturated carbocycles. The van der Waals surface area contributed by atoms with E-state index in [2.05, 4.69) is 10.5 Å². The Labute approximate surface area is 168 Å². The lowest BCUT2D eigenvalue weighted by Gasteiger charge is -2.23. The molecular weight excluding hydrogens is 378 g/mol. The molecular formula is C20H25N3O4S. The summed E-state index contributed by atoms with van der Waals surface area (Å²) in [5.74, 6) is 0.346. The first-order valence-corrected chi connectivity index (χ1v) is 10.7. The van der Waals surface area contributed by atoms with Gasteiger partial charge >= 0.3 is 12.0 Å². The number of esters is 1. The van der Waals surface area contributed by atoms with Gasteiger partial charge in [0.15, 0.2) is 5.76 Å². The molecule has 8 heteroatoms. The Hall–Kier alpha value is -2.35. The Kier molecular flexibility index (Phi) is 5.39. The molecule has 1 fully saturated rings. The van der Waals surface area contributed by atoms with Crippen molar-refractivity contribution < 1.29 is 18.8 Å². The van der Waals surface area contributed by atoms with Gasteiger partial charge < -0.3 is 14.2 Å². The maximum atomic E-state index is 13.1. The van der Waals surface area contributed by atoms with E-state index in [1.54, 1.807) is 4.90 Å². The quantitative estimate of drug-likeness (QED) is 0.768. The van der Waals surface area contributed by atoms with Gasteiger partial charge in [-0.3, -0.25) is 5.32 Å². The summed E-state index contributed by atoms with van der Waals surface area (Å²) in [6.45, 7) is 2.67. The number of likely N-dealkylation sites (tertiary alicyclic amines) is 1. The summed E-state index contributed by atoms with van der Waals surface area (Å²) in [7, 11) is 1.38. The zero-order valence-corrected chi connectivity index (χ0v) is 17.1. The average molecular weight is 404 g/mol. The number of nitrogens with one attached hydrogen (secondary N) is 1. The Balaban J connectivity index is 1.57. The van der Waals surface area contributed by atoms with Gasteiger partial charge in [0.2, 0.25) is 0 Å². The molecule has 0 aromatic carbocycles. The third-order valence-corrected chi connectivity index (χ3v) is 6.77. The van der Waals surface area contributed by atoms with Crippen LogP contribution in [0.15, 0.2) is 10.6 Å². The molecule has 0 spiro atoms. The number of anilines is 1. The molecule has 0 radical (unpaired) electrons. The van der Waals surface area contributed by atoms with Gasteiger partial charge in [-0.05, 0) is 50.5 Å². The highest BCUT2D eigenvalue weighted by Gasteiger charge is 2.34. The van der Waals surface area contributed by atoms with E-state index in [0.717, 1.165) is 62.0 Å². The van der Waals surface area contributed by atoms with Crippen LogP contribution in [0.2, 0.25) is 0 Å². The lowest BCUT2D eigenvalue weighted by molar-refractivity contribution is 0.0601. The van der Waals surface area contributed by atoms with Crippen LogP contribution in [-0.4, -0.2) is 35.7 Å². The fourth-order valence-electron chi connectivity index (χ4n) is 4.10. The second-order valence-corrected chi connectivity index (χ2v) is 8.37. The van der Waals surface area contributed by atoms with E-state index in [4.69, 9.17) is 9.26 Å². The van der Waals surface area contributed by atoms with E-state index in [1.165, 1.54) is 23.3 Å². The second-order valence-electron chi connectivity index (χ2n) is 7.26. The molecule has 0 bridgehead atoms. The monoisotopic (exact) mass is 403 g/mol. The Morgan fingerprint density at radius 1 is 1.36 bits per heavy atom. The molecule has 2 aliphatic rings. The molecule has 1 aliphatic heterocycles. The number of rotatable bonds is 4. The third kappa shape index (κ3) is 3.41. The molecule has 1 atom stereocenters. The number of nitrogens with zero attached hydrogens (tertiary/aromatic N) is 2. The minimum absolute atomic E-state index is 0.121. The van der Waals surface area contributed by atoms with Crippen LogP contribution >= 0.6 is 11.3 Å². The molecule has 2 aromatic rings. The number of ether oxygens (including phenoxy) is 1. The van der Waals surface area contributed by atoms with Gasteiger partial charge in [0.1, 0.15) is 5.00 Å². The molecule has 2 amide bonds. The molecule has 1 aliphatic carbocycles. The number of aryl methyl sites for hydroxylation is 2. The first-order chi connectivity index (χ1) is 13.6. The van der Waals surface area contributed by atoms with Gasteiger partial charge in [-0.2, -0.15) is 0 Å². The molecule has 3 heterocycles. The van der Waals surface area contributed by atoms with Crippen LogP contribution in [0.25, 0.3) is 0 Å². The van der Waals surface area contributed by atoms with Crippen molar-refractivity contribution in [2.75, 3.05) is 19.0 Å². The van der Waals surface area contributed by atoms with Crippen molar-refractivity contribution in [2.45, 2.75) is 57.9 Å². The number of urea groups is 1. The molecule has 2 aromatic heterocycles. The number of hydrogen-bond donors (Lipinski definition) is 1. The fraction of sp³-hybridized carbons (Fsp3) is 0.550. The number of amides is 2. The molecule has 1 N–H and O–H groups in total. The van der Waals surface area contributed by atoms with E-state index in [0.29, 0.717) is 17.1 Å². The summed E-state index contributed by atoms with van der Waals surface area (Å²) < 4.78 is 10.5. The highest BCUT2D eigenvalue weighted by molar-refractivity contribution is 7.17. The third-order valence-electron chi connectivity index (χ3n) is 5.56. The summed E-state index contributed by atoms with van der Waals surface area (Å²) in [6.07, 6.45) is 6.52. The first-order valence-electron chi connectivity index (χ1n) is 9.88. The lowest BCUT2D eigenvalue weighted by Crippen LogP contribution is -2.34. The summed E-state index contributed by atoms with van der Waals surface area (Å²) in [5.41, 5.74) is 2.46. The van der Waals surface area contributed by atoms with Crippen molar-refractivity contribution in [3.63, 3.8) is 0 Å². The van der Waals surface area contributed by atoms with Crippen molar-refractivity contribution in [3.8, 4) is 0 Å². The van der Waals surface area contributed by atoms with Gasteiger partial charge in [0, 0.05) is 17.5 Å². The van der Waals surface area contributed by atoms with Crippen LogP contribution in [0.1, 0.15) is 70.9 Å². The zero-order chi connectivity index (χ0) is 19.7. The predicted molar refractivity (Wildman–Crippen MR) is 106 cm³/mol. The minimum Gasteiger partial charge on any atom is -0.465 e. The number of aromatic nitrogens is 1. The smallest absolute Gasteiger partial charge is 0.341 e. The number of carbonyl (C=O) groups excluding carboxylic acids is 2. The number of carbonyl (C=O) groups is 2. The van der Waals surface area contributed by atoms with Crippen LogP contribution in [0, 0.1) is 0 Å². The SMILES string of the molecule is CCc1cc([C@H]2CCCN2C(=O)Nc2sc3c(c2C(=O)OC)CCCC3)on1. The molecule has 1 saturated heterocycles. The summed E-state index contributed by atoms with van der Waals surface area (Å²) in [5, 5.41) is 7.64. The average Bonchev–Trinajstić information content (AvgIpc) is 3.43. The van der Waals surface area contributed by atoms with Crippen molar-refractivity contribution in [2.24, 2.45) is 0 Å². The normalized spacial score (nSPS) is 18.8. The number of fused-ring (bicyclic) bond motifs is 1. The Morgan fingerprint density at radius 2 is 2.18 bits per heavy atom. The number of methoxy groups -OCH3 is 1. The van der Waals surface area contributed by atoms with Crippen LogP contribution < -0.4 is 5.32 Å². The maximum absolute atomic E-state index is 13.1. The minimum atomic E-state index is -0.379. The van der Waals surface area contributed by atoms with Crippen LogP contribution in [-0.2, 0) is 24.0 Å². The summed E-state index contributed by atoms with van der Waals surface area (Å²) in [6, 6.07) is 1.60. The van der Waals surface area contributed by atoms with Gasteiger partial charge in [-0.1, -0.05) is 12.1 Å². The molecule has 0 unspecified atom stereocenters. The Morgan fingerprint density at radius 3 is 2.93 bits per heavy atom. The second kappa shape index (κ2) is 7.95. The van der Waals surface area contributed by atoms with Gasteiger partial charge in [0.25, 0.3) is 0 Å². The largest absolute Gasteiger partial charge is 0.465 e. The summed E-state index contributed by atoms with van der Waals surface area (Å²) in [4.78, 5) is 28.4. The standard InChI is InChI=1S/C20H25N3O4S/c1-3-12-11-15(27-22-12)14-8-6-10-23(14)20(25)21-18-17(19(24)26-2)13-7-4-5-9-16(13)28-18/h11,14H,3-10H2,1-2H3,(H,21,25)/t14-/m1/s1. The van der Waals surface area contributed by atoms with Gasteiger partial charge in [-0.25, -0.2) is 9.59 Å². The summed E-state index contributed by atoms with van der Waals surface area (Å²) >= 11 is 1.50. The lowest BCUT2D eigenvalue weighted by atomic mass is 9.95. The molecule has 4 rings (SSSR count). The van der Waals surface area contributed by atoms with Crippen LogP contribution in [0.5, 0.6) is 0 Å². The van der Waals surface area contributed by atoms with E-state index in [-0.39, 0.29) is 18.0 Å². The first kappa shape index (κ1) is 19.0. The van der Waals surface area contributed by atoms with E-state index >= 15 is 0 Å². The number of hydrogen-bond acceptors (Lipinski definition) is 6. The topological polar surface area (TPSA) is 84.7 Å². The highest BCUT2D eigenvalue weighted by atomic mass is 32.1. The Bertz CT molecular complexity index is 888. The molecule has 7 nitrogen and oxygen atoms in total. The van der Waals surface area contributed by atoms with Crippen molar-refractivity contribution in [1.29, 1.82) is 0 Å². The van der Waals surface area contributed by atoms with E-state index in [1.807, 2.05) is 13.0 Å². The number of thiophene rings is 1. The van der Waals surface area contributed by atoms with Gasteiger partial charge in [0.05, 0.1) is 24.4 Å².